The molecule has 5 atom stereocenters. The minimum atomic E-state index is -0.726. The van der Waals surface area contributed by atoms with Gasteiger partial charge in [0, 0.05) is 51.9 Å². The molecule has 0 aromatic carbocycles. The summed E-state index contributed by atoms with van der Waals surface area (Å²) in [6.45, 7) is 7.03. The molecule has 290 valence electrons. The molecule has 1 aromatic heterocycles. The monoisotopic (exact) mass is 739 g/mol. The number of carbonyl (C=O) groups excluding carboxylic acids is 6. The predicted octanol–water partition coefficient (Wildman–Crippen LogP) is 1.87. The average Bonchev–Trinajstić information content (AvgIpc) is 3.98. The first-order chi connectivity index (χ1) is 25.3. The van der Waals surface area contributed by atoms with Crippen molar-refractivity contribution in [1.29, 1.82) is 0 Å². The first-order valence-corrected chi connectivity index (χ1v) is 19.0. The lowest BCUT2D eigenvalue weighted by molar-refractivity contribution is -0.156. The van der Waals surface area contributed by atoms with Crippen molar-refractivity contribution in [3.05, 3.63) is 17.8 Å². The molecule has 5 aliphatic heterocycles. The van der Waals surface area contributed by atoms with Crippen molar-refractivity contribution in [2.24, 2.45) is 0 Å². The van der Waals surface area contributed by atoms with Crippen molar-refractivity contribution in [3.63, 3.8) is 0 Å². The summed E-state index contributed by atoms with van der Waals surface area (Å²) in [6.07, 6.45) is 6.21. The van der Waals surface area contributed by atoms with Crippen LogP contribution in [0.2, 0.25) is 0 Å². The van der Waals surface area contributed by atoms with Crippen LogP contribution in [0, 0.1) is 0 Å². The number of hydrogen-bond acceptors (Lipinski definition) is 11. The SMILES string of the molecule is CN(C(=O)OC(C)(C)C)c1cc(ON2CCC[C@H]2C(=O)N2CCC[C@H]2C(=O)N2CCC[C@H]2C(=O)N2CCC[C@H]2C(=O)N2CCC[C@H]2C=O)cc(CO)n1. The average molecular weight is 740 g/mol. The van der Waals surface area contributed by atoms with Gasteiger partial charge in [-0.1, -0.05) is 0 Å². The molecule has 0 bridgehead atoms. The van der Waals surface area contributed by atoms with E-state index in [0.29, 0.717) is 90.5 Å². The van der Waals surface area contributed by atoms with E-state index in [1.54, 1.807) is 57.6 Å². The zero-order valence-corrected chi connectivity index (χ0v) is 31.3. The van der Waals surface area contributed by atoms with E-state index in [1.807, 2.05) is 0 Å². The van der Waals surface area contributed by atoms with E-state index in [1.165, 1.54) is 11.9 Å². The third-order valence-electron chi connectivity index (χ3n) is 10.9. The molecule has 1 aromatic rings. The number of aromatic nitrogens is 1. The molecule has 0 radical (unpaired) electrons. The van der Waals surface area contributed by atoms with Gasteiger partial charge in [-0.3, -0.25) is 24.1 Å². The molecule has 0 aliphatic carbocycles. The van der Waals surface area contributed by atoms with Crippen LogP contribution in [0.1, 0.15) is 90.7 Å². The predicted molar refractivity (Wildman–Crippen MR) is 190 cm³/mol. The van der Waals surface area contributed by atoms with Gasteiger partial charge in [-0.15, -0.1) is 5.06 Å². The lowest BCUT2D eigenvalue weighted by atomic mass is 10.1. The molecule has 5 aliphatic rings. The van der Waals surface area contributed by atoms with Gasteiger partial charge in [-0.05, 0) is 85.0 Å². The Morgan fingerprint density at radius 3 is 1.75 bits per heavy atom. The molecule has 5 amide bonds. The second-order valence-electron chi connectivity index (χ2n) is 15.7. The van der Waals surface area contributed by atoms with Crippen molar-refractivity contribution in [1.82, 2.24) is 29.6 Å². The van der Waals surface area contributed by atoms with Crippen molar-refractivity contribution >= 4 is 41.8 Å². The van der Waals surface area contributed by atoms with Gasteiger partial charge >= 0.3 is 6.09 Å². The molecule has 0 saturated carbocycles. The molecule has 6 rings (SSSR count). The van der Waals surface area contributed by atoms with Crippen LogP contribution in [0.25, 0.3) is 0 Å². The molecular weight excluding hydrogens is 686 g/mol. The standard InChI is InChI=1S/C37H53N7O9/c1-37(2,3)52-36(51)39(4)31-21-26(20-24(22-45)38-31)53-44-19-9-14-30(44)35(50)43-18-8-13-29(43)34(49)42-17-7-12-28(42)33(48)41-16-6-11-27(41)32(47)40-15-5-10-25(40)23-46/h20-21,23,25,27-30,45H,5-19,22H2,1-4H3/t25-,27-,28-,29-,30-/m0/s1. The number of ether oxygens (including phenoxy) is 1. The number of anilines is 1. The van der Waals surface area contributed by atoms with Crippen molar-refractivity contribution in [2.75, 3.05) is 44.7 Å². The van der Waals surface area contributed by atoms with Crippen LogP contribution in [0.15, 0.2) is 12.1 Å². The van der Waals surface area contributed by atoms with Gasteiger partial charge in [-0.2, -0.15) is 0 Å². The van der Waals surface area contributed by atoms with E-state index < -0.39 is 48.5 Å². The smallest absolute Gasteiger partial charge is 0.415 e. The molecule has 16 nitrogen and oxygen atoms in total. The van der Waals surface area contributed by atoms with E-state index in [-0.39, 0.29) is 40.9 Å². The molecule has 6 heterocycles. The number of aliphatic hydroxyl groups is 1. The van der Waals surface area contributed by atoms with Gasteiger partial charge in [0.25, 0.3) is 0 Å². The van der Waals surface area contributed by atoms with Gasteiger partial charge in [0.1, 0.15) is 41.9 Å². The fourth-order valence-corrected chi connectivity index (χ4v) is 8.34. The highest BCUT2D eigenvalue weighted by Crippen LogP contribution is 2.32. The van der Waals surface area contributed by atoms with Crippen molar-refractivity contribution in [2.45, 2.75) is 127 Å². The number of likely N-dealkylation sites (tertiary alicyclic amines) is 4. The third kappa shape index (κ3) is 8.13. The topological polar surface area (TPSA) is 173 Å². The van der Waals surface area contributed by atoms with Crippen LogP contribution in [0.3, 0.4) is 0 Å². The van der Waals surface area contributed by atoms with Crippen LogP contribution in [0.5, 0.6) is 5.75 Å². The highest BCUT2D eigenvalue weighted by atomic mass is 16.7. The van der Waals surface area contributed by atoms with E-state index in [0.717, 1.165) is 12.7 Å². The fourth-order valence-electron chi connectivity index (χ4n) is 8.34. The molecule has 5 saturated heterocycles. The number of amides is 5. The molecule has 5 fully saturated rings. The largest absolute Gasteiger partial charge is 0.443 e. The van der Waals surface area contributed by atoms with Crippen molar-refractivity contribution in [3.8, 4) is 5.75 Å². The minimum absolute atomic E-state index is 0.192. The Morgan fingerprint density at radius 1 is 0.755 bits per heavy atom. The Labute approximate surface area is 310 Å². The molecule has 0 spiro atoms. The highest BCUT2D eigenvalue weighted by molar-refractivity contribution is 5.96. The van der Waals surface area contributed by atoms with E-state index in [2.05, 4.69) is 4.98 Å². The number of pyridine rings is 1. The van der Waals surface area contributed by atoms with Crippen LogP contribution in [-0.2, 0) is 35.3 Å². The number of hydrogen-bond donors (Lipinski definition) is 1. The third-order valence-corrected chi connectivity index (χ3v) is 10.9. The first-order valence-electron chi connectivity index (χ1n) is 19.0. The maximum absolute atomic E-state index is 14.2. The Balaban J connectivity index is 1.12. The number of nitrogens with zero attached hydrogens (tertiary/aromatic N) is 7. The Kier molecular flexibility index (Phi) is 11.6. The highest BCUT2D eigenvalue weighted by Gasteiger charge is 2.48. The Bertz CT molecular complexity index is 1580. The summed E-state index contributed by atoms with van der Waals surface area (Å²) in [7, 11) is 1.51. The van der Waals surface area contributed by atoms with E-state index in [9.17, 15) is 33.9 Å². The van der Waals surface area contributed by atoms with Crippen LogP contribution >= 0.6 is 0 Å². The van der Waals surface area contributed by atoms with Crippen molar-refractivity contribution < 1.29 is 43.4 Å². The van der Waals surface area contributed by atoms with Gasteiger partial charge < -0.3 is 39.1 Å². The summed E-state index contributed by atoms with van der Waals surface area (Å²) in [4.78, 5) is 98.5. The number of aliphatic hydroxyl groups excluding tert-OH is 1. The summed E-state index contributed by atoms with van der Waals surface area (Å²) in [6, 6.07) is -0.106. The van der Waals surface area contributed by atoms with Gasteiger partial charge in [-0.25, -0.2) is 9.78 Å². The van der Waals surface area contributed by atoms with E-state index >= 15 is 0 Å². The summed E-state index contributed by atoms with van der Waals surface area (Å²) < 4.78 is 5.46. The number of carbonyl (C=O) groups is 6. The molecule has 53 heavy (non-hydrogen) atoms. The summed E-state index contributed by atoms with van der Waals surface area (Å²) in [5.74, 6) is -0.431. The second-order valence-corrected chi connectivity index (χ2v) is 15.7. The number of aldehydes is 1. The van der Waals surface area contributed by atoms with Crippen LogP contribution in [-0.4, -0.2) is 146 Å². The summed E-state index contributed by atoms with van der Waals surface area (Å²) >= 11 is 0. The maximum Gasteiger partial charge on any atom is 0.415 e. The Hall–Kier alpha value is -4.31. The fraction of sp³-hybridized carbons (Fsp3) is 0.703. The van der Waals surface area contributed by atoms with Gasteiger partial charge in [0.2, 0.25) is 23.6 Å². The molecule has 1 N–H and O–H groups in total. The number of hydroxylamine groups is 2. The van der Waals surface area contributed by atoms with E-state index in [4.69, 9.17) is 9.57 Å². The van der Waals surface area contributed by atoms with Gasteiger partial charge in [0.15, 0.2) is 5.75 Å². The minimum Gasteiger partial charge on any atom is -0.443 e. The normalized spacial score (nSPS) is 26.3. The second kappa shape index (κ2) is 16.0. The summed E-state index contributed by atoms with van der Waals surface area (Å²) in [5, 5.41) is 11.5. The Morgan fingerprint density at radius 2 is 1.23 bits per heavy atom. The lowest BCUT2D eigenvalue weighted by Gasteiger charge is -2.36. The first kappa shape index (κ1) is 38.4. The molecular formula is C37H53N7O9. The lowest BCUT2D eigenvalue weighted by Crippen LogP contribution is -2.57. The van der Waals surface area contributed by atoms with Gasteiger partial charge in [0.05, 0.1) is 18.3 Å². The zero-order valence-electron chi connectivity index (χ0n) is 31.3. The zero-order chi connectivity index (χ0) is 38.0. The number of rotatable bonds is 9. The van der Waals surface area contributed by atoms with Crippen LogP contribution in [0.4, 0.5) is 10.6 Å². The quantitative estimate of drug-likeness (QED) is 0.367. The molecule has 16 heteroatoms. The summed E-state index contributed by atoms with van der Waals surface area (Å²) in [5.41, 5.74) is -0.462. The maximum atomic E-state index is 14.2. The molecule has 0 unspecified atom stereocenters. The van der Waals surface area contributed by atoms with Crippen LogP contribution < -0.4 is 9.74 Å².